The van der Waals surface area contributed by atoms with Crippen LogP contribution in [0, 0.1) is 5.92 Å². The lowest BCUT2D eigenvalue weighted by Crippen LogP contribution is -2.17. The molecule has 0 N–H and O–H groups in total. The van der Waals surface area contributed by atoms with E-state index in [9.17, 15) is 9.59 Å². The zero-order valence-corrected chi connectivity index (χ0v) is 17.1. The van der Waals surface area contributed by atoms with Crippen LogP contribution in [0.5, 0.6) is 0 Å². The van der Waals surface area contributed by atoms with Crippen molar-refractivity contribution in [2.24, 2.45) is 5.92 Å². The van der Waals surface area contributed by atoms with Crippen molar-refractivity contribution < 1.29 is 19.1 Å². The van der Waals surface area contributed by atoms with Crippen LogP contribution in [-0.2, 0) is 19.1 Å². The minimum Gasteiger partial charge on any atom is -0.465 e. The Hall–Kier alpha value is -1.06. The second-order valence-corrected chi connectivity index (χ2v) is 7.90. The Labute approximate surface area is 160 Å². The molecular weight excluding hydrogens is 328 g/mol. The van der Waals surface area contributed by atoms with Crippen LogP contribution in [0.2, 0.25) is 0 Å². The Kier molecular flexibility index (Phi) is 13.3. The van der Waals surface area contributed by atoms with Crippen LogP contribution >= 0.6 is 0 Å². The van der Waals surface area contributed by atoms with Crippen molar-refractivity contribution in [1.29, 1.82) is 0 Å². The standard InChI is InChI=1S/C22H40O4/c1-3-4-5-6-7-9-13-19(2)26-22(24)17-12-16-21(23)25-18-20-14-10-8-11-15-20/h19-20H,3-18H2,1-2H3. The zero-order chi connectivity index (χ0) is 19.0. The Morgan fingerprint density at radius 3 is 2.27 bits per heavy atom. The van der Waals surface area contributed by atoms with E-state index in [2.05, 4.69) is 6.92 Å². The summed E-state index contributed by atoms with van der Waals surface area (Å²) in [4.78, 5) is 23.6. The number of carbonyl (C=O) groups is 2. The number of hydrogen-bond donors (Lipinski definition) is 0. The van der Waals surface area contributed by atoms with Gasteiger partial charge in [0.05, 0.1) is 12.7 Å². The first-order chi connectivity index (χ1) is 12.6. The van der Waals surface area contributed by atoms with Gasteiger partial charge in [-0.15, -0.1) is 0 Å². The van der Waals surface area contributed by atoms with Gasteiger partial charge in [0.15, 0.2) is 0 Å². The average molecular weight is 369 g/mol. The minimum absolute atomic E-state index is 0.0214. The van der Waals surface area contributed by atoms with Crippen molar-refractivity contribution in [3.05, 3.63) is 0 Å². The molecule has 0 spiro atoms. The van der Waals surface area contributed by atoms with E-state index in [1.807, 2.05) is 6.92 Å². The summed E-state index contributed by atoms with van der Waals surface area (Å²) >= 11 is 0. The lowest BCUT2D eigenvalue weighted by molar-refractivity contribution is -0.149. The molecule has 152 valence electrons. The van der Waals surface area contributed by atoms with Crippen LogP contribution in [0.4, 0.5) is 0 Å². The van der Waals surface area contributed by atoms with Crippen molar-refractivity contribution in [3.63, 3.8) is 0 Å². The first kappa shape index (κ1) is 23.0. The molecule has 0 bridgehead atoms. The van der Waals surface area contributed by atoms with Gasteiger partial charge in [-0.05, 0) is 44.9 Å². The first-order valence-electron chi connectivity index (χ1n) is 11.0. The van der Waals surface area contributed by atoms with Crippen LogP contribution in [-0.4, -0.2) is 24.6 Å². The first-order valence-corrected chi connectivity index (χ1v) is 11.0. The summed E-state index contributed by atoms with van der Waals surface area (Å²) in [6.07, 6.45) is 15.7. The lowest BCUT2D eigenvalue weighted by Gasteiger charge is -2.21. The van der Waals surface area contributed by atoms with Gasteiger partial charge in [-0.25, -0.2) is 0 Å². The third-order valence-corrected chi connectivity index (χ3v) is 5.26. The highest BCUT2D eigenvalue weighted by atomic mass is 16.5. The molecule has 0 aromatic rings. The normalized spacial score (nSPS) is 16.2. The monoisotopic (exact) mass is 368 g/mol. The van der Waals surface area contributed by atoms with Crippen molar-refractivity contribution >= 4 is 11.9 Å². The van der Waals surface area contributed by atoms with Gasteiger partial charge in [-0.3, -0.25) is 9.59 Å². The minimum atomic E-state index is -0.191. The van der Waals surface area contributed by atoms with Crippen molar-refractivity contribution in [1.82, 2.24) is 0 Å². The summed E-state index contributed by atoms with van der Waals surface area (Å²) in [5, 5.41) is 0. The van der Waals surface area contributed by atoms with Gasteiger partial charge in [-0.2, -0.15) is 0 Å². The summed E-state index contributed by atoms with van der Waals surface area (Å²) in [6.45, 7) is 4.74. The molecule has 1 aliphatic rings. The molecule has 26 heavy (non-hydrogen) atoms. The average Bonchev–Trinajstić information content (AvgIpc) is 2.63. The maximum Gasteiger partial charge on any atom is 0.306 e. The van der Waals surface area contributed by atoms with E-state index >= 15 is 0 Å². The van der Waals surface area contributed by atoms with Crippen molar-refractivity contribution in [2.75, 3.05) is 6.61 Å². The molecule has 0 aliphatic heterocycles. The molecule has 0 aromatic heterocycles. The van der Waals surface area contributed by atoms with Crippen LogP contribution in [0.3, 0.4) is 0 Å². The van der Waals surface area contributed by atoms with Crippen molar-refractivity contribution in [2.45, 2.75) is 116 Å². The predicted octanol–water partition coefficient (Wildman–Crippen LogP) is 5.96. The fourth-order valence-electron chi connectivity index (χ4n) is 3.57. The fourth-order valence-corrected chi connectivity index (χ4v) is 3.57. The number of rotatable bonds is 14. The van der Waals surface area contributed by atoms with Crippen LogP contribution in [0.1, 0.15) is 110 Å². The quantitative estimate of drug-likeness (QED) is 0.280. The fraction of sp³-hybridized carbons (Fsp3) is 0.909. The Morgan fingerprint density at radius 2 is 1.54 bits per heavy atom. The van der Waals surface area contributed by atoms with Gasteiger partial charge < -0.3 is 9.47 Å². The molecule has 1 unspecified atom stereocenters. The number of hydrogen-bond acceptors (Lipinski definition) is 4. The molecule has 0 amide bonds. The molecule has 4 heteroatoms. The van der Waals surface area contributed by atoms with E-state index in [4.69, 9.17) is 9.47 Å². The summed E-state index contributed by atoms with van der Waals surface area (Å²) in [5.74, 6) is 0.174. The number of ether oxygens (including phenoxy) is 2. The lowest BCUT2D eigenvalue weighted by atomic mass is 9.90. The molecule has 1 atom stereocenters. The van der Waals surface area contributed by atoms with Gasteiger partial charge >= 0.3 is 11.9 Å². The number of carbonyl (C=O) groups excluding carboxylic acids is 2. The van der Waals surface area contributed by atoms with Crippen LogP contribution in [0.15, 0.2) is 0 Å². The summed E-state index contributed by atoms with van der Waals surface area (Å²) in [6, 6.07) is 0. The summed E-state index contributed by atoms with van der Waals surface area (Å²) in [7, 11) is 0. The number of esters is 2. The van der Waals surface area contributed by atoms with E-state index in [0.29, 0.717) is 31.8 Å². The highest BCUT2D eigenvalue weighted by Gasteiger charge is 2.16. The van der Waals surface area contributed by atoms with E-state index in [1.165, 1.54) is 64.2 Å². The second kappa shape index (κ2) is 15.0. The van der Waals surface area contributed by atoms with E-state index in [-0.39, 0.29) is 18.0 Å². The molecule has 0 radical (unpaired) electrons. The maximum absolute atomic E-state index is 11.8. The molecule has 0 heterocycles. The van der Waals surface area contributed by atoms with E-state index in [1.54, 1.807) is 0 Å². The molecule has 0 saturated heterocycles. The van der Waals surface area contributed by atoms with Gasteiger partial charge in [-0.1, -0.05) is 58.3 Å². The highest BCUT2D eigenvalue weighted by Crippen LogP contribution is 2.23. The third-order valence-electron chi connectivity index (χ3n) is 5.26. The summed E-state index contributed by atoms with van der Waals surface area (Å²) < 4.78 is 10.8. The highest BCUT2D eigenvalue weighted by molar-refractivity contribution is 5.72. The van der Waals surface area contributed by atoms with Gasteiger partial charge in [0.2, 0.25) is 0 Å². The topological polar surface area (TPSA) is 52.6 Å². The maximum atomic E-state index is 11.8. The molecule has 1 saturated carbocycles. The van der Waals surface area contributed by atoms with E-state index < -0.39 is 0 Å². The van der Waals surface area contributed by atoms with Crippen LogP contribution < -0.4 is 0 Å². The molecule has 4 nitrogen and oxygen atoms in total. The van der Waals surface area contributed by atoms with E-state index in [0.717, 1.165) is 12.8 Å². The Bertz CT molecular complexity index is 374. The largest absolute Gasteiger partial charge is 0.465 e. The second-order valence-electron chi connectivity index (χ2n) is 7.90. The molecule has 1 aliphatic carbocycles. The van der Waals surface area contributed by atoms with Gasteiger partial charge in [0.1, 0.15) is 0 Å². The third kappa shape index (κ3) is 12.3. The Morgan fingerprint density at radius 1 is 0.885 bits per heavy atom. The predicted molar refractivity (Wildman–Crippen MR) is 105 cm³/mol. The van der Waals surface area contributed by atoms with Crippen LogP contribution in [0.25, 0.3) is 0 Å². The van der Waals surface area contributed by atoms with Gasteiger partial charge in [0, 0.05) is 12.8 Å². The smallest absolute Gasteiger partial charge is 0.306 e. The summed E-state index contributed by atoms with van der Waals surface area (Å²) in [5.41, 5.74) is 0. The van der Waals surface area contributed by atoms with Gasteiger partial charge in [0.25, 0.3) is 0 Å². The Balaban J connectivity index is 1.96. The molecule has 1 rings (SSSR count). The number of unbranched alkanes of at least 4 members (excludes halogenated alkanes) is 5. The molecule has 1 fully saturated rings. The SMILES string of the molecule is CCCCCCCCC(C)OC(=O)CCCC(=O)OCC1CCCCC1. The molecule has 0 aromatic carbocycles. The van der Waals surface area contributed by atoms with Crippen molar-refractivity contribution in [3.8, 4) is 0 Å². The molecular formula is C22H40O4. The zero-order valence-electron chi connectivity index (χ0n) is 17.1.